The van der Waals surface area contributed by atoms with Crippen LogP contribution in [0.25, 0.3) is 6.08 Å². The van der Waals surface area contributed by atoms with Crippen LogP contribution >= 0.6 is 0 Å². The van der Waals surface area contributed by atoms with Gasteiger partial charge < -0.3 is 9.94 Å². The highest BCUT2D eigenvalue weighted by Crippen LogP contribution is 2.40. The van der Waals surface area contributed by atoms with Crippen LogP contribution in [0.4, 0.5) is 0 Å². The van der Waals surface area contributed by atoms with Crippen molar-refractivity contribution >= 4 is 17.7 Å². The van der Waals surface area contributed by atoms with E-state index in [1.54, 1.807) is 11.6 Å². The zero-order valence-electron chi connectivity index (χ0n) is 15.9. The maximum atomic E-state index is 11.2. The highest BCUT2D eigenvalue weighted by atomic mass is 16.5. The van der Waals surface area contributed by atoms with Gasteiger partial charge in [-0.1, -0.05) is 24.1 Å². The fourth-order valence-electron chi connectivity index (χ4n) is 4.88. The molecule has 4 rings (SSSR count). The molecule has 7 nitrogen and oxygen atoms in total. The molecule has 1 aromatic rings. The minimum atomic E-state index is -0.599. The number of nitrogens with one attached hydrogen (secondary N) is 1. The molecular formula is C21H27N3O4. The minimum Gasteiger partial charge on any atom is -0.485 e. The molecule has 7 heteroatoms. The van der Waals surface area contributed by atoms with E-state index in [-0.39, 0.29) is 5.60 Å². The van der Waals surface area contributed by atoms with Gasteiger partial charge in [0.15, 0.2) is 0 Å². The molecule has 0 aromatic heterocycles. The van der Waals surface area contributed by atoms with Crippen molar-refractivity contribution in [2.75, 3.05) is 13.1 Å². The third-order valence-electron chi connectivity index (χ3n) is 6.20. The number of amides is 1. The van der Waals surface area contributed by atoms with E-state index in [0.29, 0.717) is 18.2 Å². The first-order valence-electron chi connectivity index (χ1n) is 10.0. The Hall–Kier alpha value is -2.38. The number of carbonyl (C=O) groups excluding carboxylic acids is 1. The first-order chi connectivity index (χ1) is 13.6. The number of fused-ring (bicyclic) bond motifs is 1. The summed E-state index contributed by atoms with van der Waals surface area (Å²) in [7, 11) is 0. The Kier molecular flexibility index (Phi) is 5.37. The summed E-state index contributed by atoms with van der Waals surface area (Å²) in [5.41, 5.74) is 3.35. The molecule has 3 aliphatic rings. The van der Waals surface area contributed by atoms with Crippen LogP contribution in [-0.2, 0) is 4.79 Å². The average Bonchev–Trinajstić information content (AvgIpc) is 3.26. The van der Waals surface area contributed by atoms with Crippen molar-refractivity contribution in [3.05, 3.63) is 35.4 Å². The van der Waals surface area contributed by atoms with Crippen molar-refractivity contribution in [3.8, 4) is 5.75 Å². The van der Waals surface area contributed by atoms with Gasteiger partial charge in [-0.05, 0) is 56.0 Å². The lowest BCUT2D eigenvalue weighted by molar-refractivity contribution is -0.124. The molecule has 0 bridgehead atoms. The molecule has 1 aromatic carbocycles. The lowest BCUT2D eigenvalue weighted by Crippen LogP contribution is -2.56. The first-order valence-corrected chi connectivity index (χ1v) is 10.0. The zero-order valence-corrected chi connectivity index (χ0v) is 15.9. The summed E-state index contributed by atoms with van der Waals surface area (Å²) in [6.45, 7) is 1.99. The van der Waals surface area contributed by atoms with Crippen LogP contribution in [-0.4, -0.2) is 51.7 Å². The summed E-state index contributed by atoms with van der Waals surface area (Å²) in [4.78, 5) is 13.8. The molecule has 1 aliphatic carbocycles. The topological polar surface area (TPSA) is 94.4 Å². The third-order valence-corrected chi connectivity index (χ3v) is 6.20. The Bertz CT molecular complexity index is 801. The molecule has 1 spiro atoms. The quantitative estimate of drug-likeness (QED) is 0.322. The predicted molar refractivity (Wildman–Crippen MR) is 105 cm³/mol. The number of piperidine rings is 1. The van der Waals surface area contributed by atoms with E-state index in [2.05, 4.69) is 10.1 Å². The van der Waals surface area contributed by atoms with Crippen LogP contribution in [0.15, 0.2) is 29.4 Å². The molecule has 3 N–H and O–H groups in total. The number of hydrogen-bond acceptors (Lipinski definition) is 6. The molecule has 1 saturated heterocycles. The summed E-state index contributed by atoms with van der Waals surface area (Å²) in [6, 6.07) is 6.22. The standard InChI is InChI=1S/C21H27N3O4/c25-20(23-27)9-7-15-6-8-19-17(12-15)18(22-26)13-21(28-19)10-3-11-24(14-21)16-4-1-2-5-16/h6-9,12,16,26-27H,1-5,10-11,13-14H2,(H,23,25). The number of nitrogens with zero attached hydrogens (tertiary/aromatic N) is 2. The summed E-state index contributed by atoms with van der Waals surface area (Å²) in [6.07, 6.45) is 10.6. The van der Waals surface area contributed by atoms with Crippen LogP contribution in [0.3, 0.4) is 0 Å². The molecule has 2 fully saturated rings. The first kappa shape index (κ1) is 19.0. The van der Waals surface area contributed by atoms with E-state index in [1.807, 2.05) is 18.2 Å². The lowest BCUT2D eigenvalue weighted by Gasteiger charge is -2.47. The smallest absolute Gasteiger partial charge is 0.267 e. The minimum absolute atomic E-state index is 0.344. The van der Waals surface area contributed by atoms with Gasteiger partial charge in [0.25, 0.3) is 5.91 Å². The number of benzene rings is 1. The zero-order chi connectivity index (χ0) is 19.6. The number of carbonyl (C=O) groups is 1. The van der Waals surface area contributed by atoms with E-state index in [4.69, 9.17) is 9.94 Å². The second-order valence-corrected chi connectivity index (χ2v) is 8.09. The van der Waals surface area contributed by atoms with Gasteiger partial charge in [0.2, 0.25) is 0 Å². The second kappa shape index (κ2) is 7.93. The van der Waals surface area contributed by atoms with Crippen molar-refractivity contribution in [2.45, 2.75) is 56.6 Å². The van der Waals surface area contributed by atoms with Gasteiger partial charge in [-0.3, -0.25) is 14.9 Å². The van der Waals surface area contributed by atoms with Gasteiger partial charge in [0, 0.05) is 30.6 Å². The van der Waals surface area contributed by atoms with Crippen LogP contribution < -0.4 is 10.2 Å². The number of rotatable bonds is 3. The number of hydroxylamine groups is 1. The third kappa shape index (κ3) is 3.77. The molecule has 1 amide bonds. The highest BCUT2D eigenvalue weighted by Gasteiger charge is 2.44. The van der Waals surface area contributed by atoms with Crippen LogP contribution in [0.5, 0.6) is 5.75 Å². The van der Waals surface area contributed by atoms with Crippen LogP contribution in [0.2, 0.25) is 0 Å². The number of ether oxygens (including phenoxy) is 1. The van der Waals surface area contributed by atoms with E-state index >= 15 is 0 Å². The molecule has 150 valence electrons. The number of oxime groups is 1. The molecule has 0 radical (unpaired) electrons. The molecule has 2 aliphatic heterocycles. The molecular weight excluding hydrogens is 358 g/mol. The number of hydrogen-bond donors (Lipinski definition) is 3. The molecule has 28 heavy (non-hydrogen) atoms. The van der Waals surface area contributed by atoms with Gasteiger partial charge in [-0.25, -0.2) is 5.48 Å². The fourth-order valence-corrected chi connectivity index (χ4v) is 4.88. The average molecular weight is 385 g/mol. The highest BCUT2D eigenvalue weighted by molar-refractivity contribution is 6.04. The van der Waals surface area contributed by atoms with Crippen molar-refractivity contribution in [2.24, 2.45) is 5.16 Å². The Morgan fingerprint density at radius 3 is 2.89 bits per heavy atom. The Labute approximate surface area is 164 Å². The monoisotopic (exact) mass is 385 g/mol. The Balaban J connectivity index is 1.57. The predicted octanol–water partition coefficient (Wildman–Crippen LogP) is 2.94. The lowest BCUT2D eigenvalue weighted by atomic mass is 9.82. The van der Waals surface area contributed by atoms with Gasteiger partial charge in [-0.2, -0.15) is 0 Å². The summed E-state index contributed by atoms with van der Waals surface area (Å²) in [5, 5.41) is 21.9. The van der Waals surface area contributed by atoms with Crippen molar-refractivity contribution in [3.63, 3.8) is 0 Å². The van der Waals surface area contributed by atoms with Crippen molar-refractivity contribution in [1.29, 1.82) is 0 Å². The van der Waals surface area contributed by atoms with Crippen molar-refractivity contribution < 1.29 is 19.9 Å². The van der Waals surface area contributed by atoms with Crippen molar-refractivity contribution in [1.82, 2.24) is 10.4 Å². The van der Waals surface area contributed by atoms with Crippen LogP contribution in [0.1, 0.15) is 56.1 Å². The molecule has 1 saturated carbocycles. The SMILES string of the molecule is O=C(C=Cc1ccc2c(c1)C(=NO)CC1(CCCN(C3CCCC3)C1)O2)NO. The maximum absolute atomic E-state index is 11.2. The summed E-state index contributed by atoms with van der Waals surface area (Å²) < 4.78 is 6.51. The second-order valence-electron chi connectivity index (χ2n) is 8.09. The largest absolute Gasteiger partial charge is 0.485 e. The fraction of sp³-hybridized carbons (Fsp3) is 0.524. The molecule has 2 heterocycles. The van der Waals surface area contributed by atoms with E-state index < -0.39 is 5.91 Å². The van der Waals surface area contributed by atoms with Gasteiger partial charge >= 0.3 is 0 Å². The number of likely N-dealkylation sites (tertiary alicyclic amines) is 1. The molecule has 1 atom stereocenters. The van der Waals surface area contributed by atoms with Gasteiger partial charge in [0.05, 0.1) is 5.71 Å². The summed E-state index contributed by atoms with van der Waals surface area (Å²) >= 11 is 0. The van der Waals surface area contributed by atoms with E-state index in [1.165, 1.54) is 31.8 Å². The van der Waals surface area contributed by atoms with Crippen LogP contribution in [0, 0.1) is 0 Å². The van der Waals surface area contributed by atoms with Gasteiger partial charge in [-0.15, -0.1) is 0 Å². The Morgan fingerprint density at radius 1 is 1.32 bits per heavy atom. The molecule has 1 unspecified atom stereocenters. The normalized spacial score (nSPS) is 27.2. The van der Waals surface area contributed by atoms with E-state index in [0.717, 1.165) is 42.8 Å². The Morgan fingerprint density at radius 2 is 2.14 bits per heavy atom. The summed E-state index contributed by atoms with van der Waals surface area (Å²) in [5.74, 6) is 0.120. The van der Waals surface area contributed by atoms with Gasteiger partial charge in [0.1, 0.15) is 11.4 Å². The van der Waals surface area contributed by atoms with E-state index in [9.17, 15) is 10.0 Å². The maximum Gasteiger partial charge on any atom is 0.267 e.